The molecule has 0 unspecified atom stereocenters. The fourth-order valence-electron chi connectivity index (χ4n) is 3.07. The monoisotopic (exact) mass is 292 g/mol. The van der Waals surface area contributed by atoms with E-state index in [1.54, 1.807) is 0 Å². The first-order chi connectivity index (χ1) is 9.65. The Morgan fingerprint density at radius 2 is 2.10 bits per heavy atom. The van der Waals surface area contributed by atoms with Gasteiger partial charge in [0, 0.05) is 11.6 Å². The number of nitrogens with one attached hydrogen (secondary N) is 2. The molecule has 1 aromatic carbocycles. The third kappa shape index (κ3) is 2.99. The van der Waals surface area contributed by atoms with Gasteiger partial charge in [0.2, 0.25) is 5.91 Å². The van der Waals surface area contributed by atoms with E-state index in [1.807, 2.05) is 24.3 Å². The van der Waals surface area contributed by atoms with E-state index in [4.69, 9.17) is 11.6 Å². The van der Waals surface area contributed by atoms with Gasteiger partial charge in [-0.1, -0.05) is 30.7 Å². The maximum Gasteiger partial charge on any atom is 0.224 e. The molecule has 3 rings (SSSR count). The minimum absolute atomic E-state index is 0.124. The molecule has 4 heteroatoms. The summed E-state index contributed by atoms with van der Waals surface area (Å²) in [6.07, 6.45) is 2.13. The lowest BCUT2D eigenvalue weighted by Crippen LogP contribution is -2.36. The fourth-order valence-corrected chi connectivity index (χ4v) is 3.20. The SMILES string of the molecule is C[C@@H]1C[C@@H]1[C@H](NC(=O)[C@H]1CCNC1)c1ccc(Cl)cc1. The van der Waals surface area contributed by atoms with Crippen LogP contribution >= 0.6 is 11.6 Å². The van der Waals surface area contributed by atoms with Crippen molar-refractivity contribution in [1.29, 1.82) is 0 Å². The molecule has 1 saturated carbocycles. The van der Waals surface area contributed by atoms with Crippen molar-refractivity contribution in [3.05, 3.63) is 34.9 Å². The average molecular weight is 293 g/mol. The molecule has 1 aliphatic carbocycles. The number of halogens is 1. The van der Waals surface area contributed by atoms with Gasteiger partial charge in [-0.25, -0.2) is 0 Å². The molecule has 1 saturated heterocycles. The summed E-state index contributed by atoms with van der Waals surface area (Å²) < 4.78 is 0. The topological polar surface area (TPSA) is 41.1 Å². The first-order valence-electron chi connectivity index (χ1n) is 7.41. The zero-order chi connectivity index (χ0) is 14.1. The molecule has 1 amide bonds. The third-order valence-electron chi connectivity index (χ3n) is 4.56. The Labute approximate surface area is 125 Å². The second-order valence-corrected chi connectivity index (χ2v) is 6.54. The third-order valence-corrected chi connectivity index (χ3v) is 4.81. The molecular weight excluding hydrogens is 272 g/mol. The molecule has 0 spiro atoms. The van der Waals surface area contributed by atoms with Crippen molar-refractivity contribution in [1.82, 2.24) is 10.6 Å². The van der Waals surface area contributed by atoms with Crippen LogP contribution in [0.2, 0.25) is 5.02 Å². The summed E-state index contributed by atoms with van der Waals surface area (Å²) >= 11 is 5.95. The van der Waals surface area contributed by atoms with Crippen LogP contribution in [0.1, 0.15) is 31.4 Å². The van der Waals surface area contributed by atoms with Crippen molar-refractivity contribution >= 4 is 17.5 Å². The summed E-state index contributed by atoms with van der Waals surface area (Å²) in [5.74, 6) is 1.57. The molecule has 1 aliphatic heterocycles. The normalized spacial score (nSPS) is 30.0. The van der Waals surface area contributed by atoms with Crippen LogP contribution < -0.4 is 10.6 Å². The van der Waals surface area contributed by atoms with Crippen molar-refractivity contribution in [3.63, 3.8) is 0 Å². The van der Waals surface area contributed by atoms with Gasteiger partial charge in [0.05, 0.1) is 12.0 Å². The van der Waals surface area contributed by atoms with Gasteiger partial charge in [-0.2, -0.15) is 0 Å². The summed E-state index contributed by atoms with van der Waals surface area (Å²) in [7, 11) is 0. The number of benzene rings is 1. The fraction of sp³-hybridized carbons (Fsp3) is 0.562. The van der Waals surface area contributed by atoms with E-state index in [0.717, 1.165) is 24.5 Å². The van der Waals surface area contributed by atoms with Gasteiger partial charge >= 0.3 is 0 Å². The van der Waals surface area contributed by atoms with Gasteiger partial charge in [0.15, 0.2) is 0 Å². The Morgan fingerprint density at radius 3 is 2.65 bits per heavy atom. The zero-order valence-electron chi connectivity index (χ0n) is 11.7. The first-order valence-corrected chi connectivity index (χ1v) is 7.79. The minimum atomic E-state index is 0.124. The second-order valence-electron chi connectivity index (χ2n) is 6.10. The largest absolute Gasteiger partial charge is 0.349 e. The summed E-state index contributed by atoms with van der Waals surface area (Å²) in [4.78, 5) is 12.4. The lowest BCUT2D eigenvalue weighted by Gasteiger charge is -2.21. The lowest BCUT2D eigenvalue weighted by atomic mass is 9.99. The van der Waals surface area contributed by atoms with E-state index in [2.05, 4.69) is 17.6 Å². The van der Waals surface area contributed by atoms with Crippen LogP contribution in [0.5, 0.6) is 0 Å². The van der Waals surface area contributed by atoms with Crippen molar-refractivity contribution in [2.75, 3.05) is 13.1 Å². The Kier molecular flexibility index (Phi) is 3.99. The molecule has 2 N–H and O–H groups in total. The van der Waals surface area contributed by atoms with E-state index in [9.17, 15) is 4.79 Å². The zero-order valence-corrected chi connectivity index (χ0v) is 12.5. The Bertz CT molecular complexity index is 482. The molecule has 2 aliphatic rings. The lowest BCUT2D eigenvalue weighted by molar-refractivity contribution is -0.125. The predicted octanol–water partition coefficient (Wildman–Crippen LogP) is 2.76. The van der Waals surface area contributed by atoms with Gasteiger partial charge in [-0.05, 0) is 48.9 Å². The summed E-state index contributed by atoms with van der Waals surface area (Å²) in [6, 6.07) is 8.01. The molecule has 108 valence electrons. The van der Waals surface area contributed by atoms with E-state index < -0.39 is 0 Å². The first kappa shape index (κ1) is 13.9. The van der Waals surface area contributed by atoms with E-state index >= 15 is 0 Å². The smallest absolute Gasteiger partial charge is 0.224 e. The van der Waals surface area contributed by atoms with Crippen LogP contribution in [0.25, 0.3) is 0 Å². The van der Waals surface area contributed by atoms with Crippen LogP contribution in [0.3, 0.4) is 0 Å². The molecule has 0 radical (unpaired) electrons. The van der Waals surface area contributed by atoms with Crippen LogP contribution in [0.4, 0.5) is 0 Å². The highest BCUT2D eigenvalue weighted by molar-refractivity contribution is 6.30. The molecule has 1 aromatic rings. The predicted molar refractivity (Wildman–Crippen MR) is 80.6 cm³/mol. The maximum atomic E-state index is 12.4. The number of carbonyl (C=O) groups excluding carboxylic acids is 1. The molecule has 20 heavy (non-hydrogen) atoms. The van der Waals surface area contributed by atoms with Gasteiger partial charge in [0.1, 0.15) is 0 Å². The van der Waals surface area contributed by atoms with Gasteiger partial charge in [0.25, 0.3) is 0 Å². The second kappa shape index (κ2) is 5.74. The van der Waals surface area contributed by atoms with Crippen molar-refractivity contribution in [2.24, 2.45) is 17.8 Å². The van der Waals surface area contributed by atoms with Crippen LogP contribution in [0.15, 0.2) is 24.3 Å². The van der Waals surface area contributed by atoms with Crippen molar-refractivity contribution < 1.29 is 4.79 Å². The summed E-state index contributed by atoms with van der Waals surface area (Å²) in [5, 5.41) is 7.25. The average Bonchev–Trinajstić information content (AvgIpc) is 2.94. The molecule has 1 heterocycles. The Hall–Kier alpha value is -1.06. The molecular formula is C16H21ClN2O. The molecule has 0 aromatic heterocycles. The summed E-state index contributed by atoms with van der Waals surface area (Å²) in [6.45, 7) is 4.00. The van der Waals surface area contributed by atoms with E-state index in [-0.39, 0.29) is 17.9 Å². The molecule has 3 nitrogen and oxygen atoms in total. The molecule has 0 bridgehead atoms. The van der Waals surface area contributed by atoms with E-state index in [0.29, 0.717) is 11.8 Å². The Balaban J connectivity index is 1.73. The minimum Gasteiger partial charge on any atom is -0.349 e. The highest BCUT2D eigenvalue weighted by Gasteiger charge is 2.41. The Morgan fingerprint density at radius 1 is 1.40 bits per heavy atom. The number of hydrogen-bond donors (Lipinski definition) is 2. The van der Waals surface area contributed by atoms with Crippen LogP contribution in [-0.2, 0) is 4.79 Å². The van der Waals surface area contributed by atoms with Crippen molar-refractivity contribution in [2.45, 2.75) is 25.8 Å². The number of carbonyl (C=O) groups is 1. The maximum absolute atomic E-state index is 12.4. The highest BCUT2D eigenvalue weighted by Crippen LogP contribution is 2.47. The van der Waals surface area contributed by atoms with E-state index in [1.165, 1.54) is 12.0 Å². The number of rotatable bonds is 4. The van der Waals surface area contributed by atoms with Gasteiger partial charge < -0.3 is 10.6 Å². The highest BCUT2D eigenvalue weighted by atomic mass is 35.5. The van der Waals surface area contributed by atoms with Crippen LogP contribution in [0, 0.1) is 17.8 Å². The number of hydrogen-bond acceptors (Lipinski definition) is 2. The summed E-state index contributed by atoms with van der Waals surface area (Å²) in [5.41, 5.74) is 1.17. The standard InChI is InChI=1S/C16H21ClN2O/c1-10-8-14(10)15(11-2-4-13(17)5-3-11)19-16(20)12-6-7-18-9-12/h2-5,10,12,14-15,18H,6-9H2,1H3,(H,19,20)/t10-,12+,14+,15-/m1/s1. The molecule has 4 atom stereocenters. The van der Waals surface area contributed by atoms with Crippen molar-refractivity contribution in [3.8, 4) is 0 Å². The van der Waals surface area contributed by atoms with Gasteiger partial charge in [-0.15, -0.1) is 0 Å². The molecule has 2 fully saturated rings. The quantitative estimate of drug-likeness (QED) is 0.896. The number of amides is 1. The van der Waals surface area contributed by atoms with Crippen LogP contribution in [-0.4, -0.2) is 19.0 Å². The van der Waals surface area contributed by atoms with Gasteiger partial charge in [-0.3, -0.25) is 4.79 Å².